The van der Waals surface area contributed by atoms with E-state index < -0.39 is 5.60 Å². The molecule has 2 unspecified atom stereocenters. The summed E-state index contributed by atoms with van der Waals surface area (Å²) in [4.78, 5) is 11.8. The van der Waals surface area contributed by atoms with Crippen LogP contribution in [-0.2, 0) is 11.3 Å². The second-order valence-electron chi connectivity index (χ2n) is 7.17. The first-order chi connectivity index (χ1) is 10.3. The van der Waals surface area contributed by atoms with E-state index in [0.29, 0.717) is 18.5 Å². The van der Waals surface area contributed by atoms with Gasteiger partial charge in [-0.3, -0.25) is 0 Å². The summed E-state index contributed by atoms with van der Waals surface area (Å²) in [5.74, 6) is 0.701. The lowest BCUT2D eigenvalue weighted by Crippen LogP contribution is -2.32. The van der Waals surface area contributed by atoms with Gasteiger partial charge in [0.2, 0.25) is 0 Å². The van der Waals surface area contributed by atoms with Crippen molar-refractivity contribution in [1.29, 1.82) is 0 Å². The van der Waals surface area contributed by atoms with Crippen LogP contribution in [0.1, 0.15) is 52.5 Å². The molecule has 122 valence electrons. The highest BCUT2D eigenvalue weighted by Gasteiger charge is 2.23. The van der Waals surface area contributed by atoms with Crippen molar-refractivity contribution in [2.75, 3.05) is 5.32 Å². The zero-order chi connectivity index (χ0) is 16.2. The van der Waals surface area contributed by atoms with Crippen molar-refractivity contribution >= 4 is 11.8 Å². The van der Waals surface area contributed by atoms with Gasteiger partial charge in [-0.1, -0.05) is 31.5 Å². The SMILES string of the molecule is CC1CCCC1Nc1ccccc1CNC(=O)OC(C)(C)C. The number of ether oxygens (including phenoxy) is 1. The average Bonchev–Trinajstić information content (AvgIpc) is 2.81. The molecule has 0 bridgehead atoms. The van der Waals surface area contributed by atoms with Gasteiger partial charge >= 0.3 is 6.09 Å². The molecule has 0 radical (unpaired) electrons. The molecule has 1 amide bonds. The molecular formula is C18H28N2O2. The number of para-hydroxylation sites is 1. The first kappa shape index (κ1) is 16.7. The van der Waals surface area contributed by atoms with Crippen LogP contribution in [0.3, 0.4) is 0 Å². The van der Waals surface area contributed by atoms with Crippen LogP contribution in [0.15, 0.2) is 24.3 Å². The summed E-state index contributed by atoms with van der Waals surface area (Å²) in [6.45, 7) is 8.36. The quantitative estimate of drug-likeness (QED) is 0.871. The molecule has 0 aromatic heterocycles. The smallest absolute Gasteiger partial charge is 0.407 e. The lowest BCUT2D eigenvalue weighted by molar-refractivity contribution is 0.0523. The Morgan fingerprint density at radius 1 is 1.27 bits per heavy atom. The first-order valence-corrected chi connectivity index (χ1v) is 8.16. The highest BCUT2D eigenvalue weighted by Crippen LogP contribution is 2.29. The Labute approximate surface area is 133 Å². The fraction of sp³-hybridized carbons (Fsp3) is 0.611. The minimum atomic E-state index is -0.471. The van der Waals surface area contributed by atoms with Gasteiger partial charge in [-0.25, -0.2) is 4.79 Å². The Kier molecular flexibility index (Phi) is 5.33. The number of nitrogens with one attached hydrogen (secondary N) is 2. The van der Waals surface area contributed by atoms with Gasteiger partial charge in [0, 0.05) is 18.3 Å². The minimum Gasteiger partial charge on any atom is -0.444 e. The van der Waals surface area contributed by atoms with Crippen molar-refractivity contribution in [3.63, 3.8) is 0 Å². The van der Waals surface area contributed by atoms with Gasteiger partial charge < -0.3 is 15.4 Å². The topological polar surface area (TPSA) is 50.4 Å². The van der Waals surface area contributed by atoms with Gasteiger partial charge in [0.25, 0.3) is 0 Å². The maximum atomic E-state index is 11.8. The van der Waals surface area contributed by atoms with Crippen LogP contribution in [0.4, 0.5) is 10.5 Å². The molecule has 2 rings (SSSR count). The summed E-state index contributed by atoms with van der Waals surface area (Å²) in [6.07, 6.45) is 3.42. The van der Waals surface area contributed by atoms with Crippen molar-refractivity contribution in [1.82, 2.24) is 5.32 Å². The predicted octanol–water partition coefficient (Wildman–Crippen LogP) is 4.31. The molecule has 4 heteroatoms. The average molecular weight is 304 g/mol. The Morgan fingerprint density at radius 3 is 2.64 bits per heavy atom. The third-order valence-corrected chi connectivity index (χ3v) is 4.04. The van der Waals surface area contributed by atoms with Crippen LogP contribution in [0, 0.1) is 5.92 Å². The van der Waals surface area contributed by atoms with Crippen molar-refractivity contribution in [2.45, 2.75) is 65.1 Å². The summed E-state index contributed by atoms with van der Waals surface area (Å²) in [7, 11) is 0. The van der Waals surface area contributed by atoms with Crippen LogP contribution in [0.25, 0.3) is 0 Å². The van der Waals surface area contributed by atoms with Crippen molar-refractivity contribution < 1.29 is 9.53 Å². The molecule has 0 heterocycles. The highest BCUT2D eigenvalue weighted by atomic mass is 16.6. The number of hydrogen-bond donors (Lipinski definition) is 2. The molecule has 1 aliphatic rings. The van der Waals surface area contributed by atoms with E-state index in [-0.39, 0.29) is 6.09 Å². The van der Waals surface area contributed by atoms with E-state index in [9.17, 15) is 4.79 Å². The van der Waals surface area contributed by atoms with Gasteiger partial charge in [0.1, 0.15) is 5.60 Å². The zero-order valence-electron chi connectivity index (χ0n) is 14.1. The summed E-state index contributed by atoms with van der Waals surface area (Å²) in [5, 5.41) is 6.47. The monoisotopic (exact) mass is 304 g/mol. The van der Waals surface area contributed by atoms with E-state index in [4.69, 9.17) is 4.74 Å². The molecule has 2 N–H and O–H groups in total. The van der Waals surface area contributed by atoms with Gasteiger partial charge in [0.05, 0.1) is 0 Å². The van der Waals surface area contributed by atoms with Crippen molar-refractivity contribution in [2.24, 2.45) is 5.92 Å². The number of benzene rings is 1. The molecule has 0 saturated heterocycles. The highest BCUT2D eigenvalue weighted by molar-refractivity contribution is 5.68. The number of alkyl carbamates (subject to hydrolysis) is 1. The minimum absolute atomic E-state index is 0.378. The van der Waals surface area contributed by atoms with E-state index in [0.717, 1.165) is 11.3 Å². The van der Waals surface area contributed by atoms with Crippen LogP contribution >= 0.6 is 0 Å². The molecule has 1 saturated carbocycles. The summed E-state index contributed by atoms with van der Waals surface area (Å²) < 4.78 is 5.28. The molecule has 22 heavy (non-hydrogen) atoms. The molecule has 1 fully saturated rings. The third-order valence-electron chi connectivity index (χ3n) is 4.04. The Bertz CT molecular complexity index is 508. The molecule has 4 nitrogen and oxygen atoms in total. The van der Waals surface area contributed by atoms with Gasteiger partial charge in [-0.2, -0.15) is 0 Å². The molecule has 1 aliphatic carbocycles. The second-order valence-corrected chi connectivity index (χ2v) is 7.17. The zero-order valence-corrected chi connectivity index (χ0v) is 14.1. The van der Waals surface area contributed by atoms with Gasteiger partial charge in [-0.15, -0.1) is 0 Å². The van der Waals surface area contributed by atoms with Crippen molar-refractivity contribution in [3.8, 4) is 0 Å². The van der Waals surface area contributed by atoms with Crippen molar-refractivity contribution in [3.05, 3.63) is 29.8 Å². The van der Waals surface area contributed by atoms with E-state index in [1.54, 1.807) is 0 Å². The van der Waals surface area contributed by atoms with Crippen LogP contribution in [-0.4, -0.2) is 17.7 Å². The number of amides is 1. The standard InChI is InChI=1S/C18H28N2O2/c1-13-8-7-11-15(13)20-16-10-6-5-9-14(16)12-19-17(21)22-18(2,3)4/h5-6,9-10,13,15,20H,7-8,11-12H2,1-4H3,(H,19,21). The Morgan fingerprint density at radius 2 is 2.00 bits per heavy atom. The number of carbonyl (C=O) groups excluding carboxylic acids is 1. The second kappa shape index (κ2) is 7.03. The van der Waals surface area contributed by atoms with Crippen LogP contribution < -0.4 is 10.6 Å². The molecule has 2 atom stereocenters. The fourth-order valence-corrected chi connectivity index (χ4v) is 2.86. The molecular weight excluding hydrogens is 276 g/mol. The molecule has 1 aromatic rings. The molecule has 0 aliphatic heterocycles. The summed E-state index contributed by atoms with van der Waals surface area (Å²) in [5.41, 5.74) is 1.73. The lowest BCUT2D eigenvalue weighted by atomic mass is 10.1. The largest absolute Gasteiger partial charge is 0.444 e. The van der Waals surface area contributed by atoms with Crippen LogP contribution in [0.2, 0.25) is 0 Å². The normalized spacial score (nSPS) is 21.5. The number of carbonyl (C=O) groups is 1. The number of rotatable bonds is 4. The Balaban J connectivity index is 1.95. The number of hydrogen-bond acceptors (Lipinski definition) is 3. The van der Waals surface area contributed by atoms with E-state index in [2.05, 4.69) is 23.6 Å². The molecule has 0 spiro atoms. The Hall–Kier alpha value is -1.71. The van der Waals surface area contributed by atoms with E-state index >= 15 is 0 Å². The van der Waals surface area contributed by atoms with E-state index in [1.165, 1.54) is 19.3 Å². The predicted molar refractivity (Wildman–Crippen MR) is 89.9 cm³/mol. The fourth-order valence-electron chi connectivity index (χ4n) is 2.86. The summed E-state index contributed by atoms with van der Waals surface area (Å²) in [6, 6.07) is 8.67. The van der Waals surface area contributed by atoms with Gasteiger partial charge in [-0.05, 0) is 51.2 Å². The lowest BCUT2D eigenvalue weighted by Gasteiger charge is -2.22. The van der Waals surface area contributed by atoms with Gasteiger partial charge in [0.15, 0.2) is 0 Å². The maximum Gasteiger partial charge on any atom is 0.407 e. The molecule has 1 aromatic carbocycles. The van der Waals surface area contributed by atoms with Crippen LogP contribution in [0.5, 0.6) is 0 Å². The first-order valence-electron chi connectivity index (χ1n) is 8.16. The third kappa shape index (κ3) is 4.93. The maximum absolute atomic E-state index is 11.8. The summed E-state index contributed by atoms with van der Waals surface area (Å²) >= 11 is 0. The number of anilines is 1. The van der Waals surface area contributed by atoms with E-state index in [1.807, 2.05) is 39.0 Å².